The largest absolute Gasteiger partial charge is 0.496 e. The molecule has 1 amide bonds. The first-order chi connectivity index (χ1) is 14.1. The van der Waals surface area contributed by atoms with E-state index in [2.05, 4.69) is 9.97 Å². The first kappa shape index (κ1) is 20.1. The molecule has 0 aliphatic carbocycles. The first-order valence-corrected chi connectivity index (χ1v) is 9.00. The number of rotatable bonds is 6. The third-order valence-corrected chi connectivity index (χ3v) is 4.54. The third kappa shape index (κ3) is 4.45. The van der Waals surface area contributed by atoms with Crippen molar-refractivity contribution in [3.05, 3.63) is 66.1 Å². The van der Waals surface area contributed by atoms with Crippen molar-refractivity contribution < 1.29 is 19.0 Å². The monoisotopic (exact) mass is 393 g/mol. The molecule has 150 valence electrons. The maximum Gasteiger partial charge on any atom is 0.413 e. The van der Waals surface area contributed by atoms with Gasteiger partial charge in [0.1, 0.15) is 17.8 Å². The van der Waals surface area contributed by atoms with Crippen LogP contribution in [0.5, 0.6) is 11.5 Å². The fourth-order valence-corrected chi connectivity index (χ4v) is 3.05. The van der Waals surface area contributed by atoms with E-state index in [1.54, 1.807) is 27.6 Å². The van der Waals surface area contributed by atoms with Gasteiger partial charge in [0.15, 0.2) is 0 Å². The zero-order valence-electron chi connectivity index (χ0n) is 16.9. The molecule has 0 saturated heterocycles. The van der Waals surface area contributed by atoms with Crippen molar-refractivity contribution in [2.45, 2.75) is 6.42 Å². The van der Waals surface area contributed by atoms with E-state index in [1.807, 2.05) is 48.5 Å². The quantitative estimate of drug-likeness (QED) is 0.631. The highest BCUT2D eigenvalue weighted by atomic mass is 16.5. The van der Waals surface area contributed by atoms with Crippen LogP contribution in [0, 0.1) is 0 Å². The van der Waals surface area contributed by atoms with Crippen molar-refractivity contribution in [2.75, 3.05) is 33.3 Å². The summed E-state index contributed by atoms with van der Waals surface area (Å²) in [6.45, 7) is 0. The second-order valence-corrected chi connectivity index (χ2v) is 6.31. The lowest BCUT2D eigenvalue weighted by Crippen LogP contribution is -2.26. The van der Waals surface area contributed by atoms with Gasteiger partial charge in [-0.1, -0.05) is 18.2 Å². The molecular weight excluding hydrogens is 370 g/mol. The van der Waals surface area contributed by atoms with Gasteiger partial charge in [0.2, 0.25) is 0 Å². The molecule has 0 N–H and O–H groups in total. The van der Waals surface area contributed by atoms with Crippen molar-refractivity contribution in [3.63, 3.8) is 0 Å². The molecule has 0 atom stereocenters. The summed E-state index contributed by atoms with van der Waals surface area (Å²) in [5, 5.41) is 0. The molecule has 0 aliphatic rings. The molecule has 0 aliphatic heterocycles. The van der Waals surface area contributed by atoms with E-state index in [1.165, 1.54) is 12.0 Å². The van der Waals surface area contributed by atoms with E-state index in [0.717, 1.165) is 28.3 Å². The molecule has 1 heterocycles. The van der Waals surface area contributed by atoms with E-state index >= 15 is 0 Å². The molecule has 0 unspecified atom stereocenters. The lowest BCUT2D eigenvalue weighted by atomic mass is 10.1. The molecule has 1 aromatic heterocycles. The van der Waals surface area contributed by atoms with Crippen LogP contribution in [0.15, 0.2) is 54.9 Å². The standard InChI is InChI=1S/C22H23N3O4/c1-25(22(26)29-4)19-12-15(9-10-21(19)28-3)11-16-13-18(24-14-23-16)17-7-5-6-8-20(17)27-2/h5-10,12-14H,11H2,1-4H3. The summed E-state index contributed by atoms with van der Waals surface area (Å²) >= 11 is 0. The Balaban J connectivity index is 1.92. The van der Waals surface area contributed by atoms with Gasteiger partial charge in [-0.3, -0.25) is 4.90 Å². The molecule has 0 fully saturated rings. The molecule has 0 radical (unpaired) electrons. The van der Waals surface area contributed by atoms with E-state index in [0.29, 0.717) is 17.9 Å². The van der Waals surface area contributed by atoms with Crippen LogP contribution >= 0.6 is 0 Å². The van der Waals surface area contributed by atoms with Crippen molar-refractivity contribution >= 4 is 11.8 Å². The Bertz CT molecular complexity index is 1010. The van der Waals surface area contributed by atoms with E-state index in [9.17, 15) is 4.79 Å². The van der Waals surface area contributed by atoms with Gasteiger partial charge in [-0.25, -0.2) is 14.8 Å². The van der Waals surface area contributed by atoms with Crippen LogP contribution in [0.3, 0.4) is 0 Å². The fourth-order valence-electron chi connectivity index (χ4n) is 3.05. The number of amides is 1. The van der Waals surface area contributed by atoms with Crippen LogP contribution in [0.2, 0.25) is 0 Å². The summed E-state index contributed by atoms with van der Waals surface area (Å²) in [6, 6.07) is 15.3. The summed E-state index contributed by atoms with van der Waals surface area (Å²) in [5.41, 5.74) is 4.13. The minimum atomic E-state index is -0.471. The summed E-state index contributed by atoms with van der Waals surface area (Å²) in [7, 11) is 6.18. The Labute approximate surface area is 169 Å². The molecule has 3 rings (SSSR count). The van der Waals surface area contributed by atoms with Gasteiger partial charge in [-0.2, -0.15) is 0 Å². The number of carbonyl (C=O) groups is 1. The van der Waals surface area contributed by atoms with Crippen LogP contribution in [0.25, 0.3) is 11.3 Å². The van der Waals surface area contributed by atoms with E-state index < -0.39 is 6.09 Å². The number of para-hydroxylation sites is 1. The lowest BCUT2D eigenvalue weighted by Gasteiger charge is -2.19. The second kappa shape index (κ2) is 9.05. The second-order valence-electron chi connectivity index (χ2n) is 6.31. The van der Waals surface area contributed by atoms with Gasteiger partial charge in [0, 0.05) is 24.7 Å². The number of nitrogens with zero attached hydrogens (tertiary/aromatic N) is 3. The Morgan fingerprint density at radius 2 is 1.72 bits per heavy atom. The number of benzene rings is 2. The van der Waals surface area contributed by atoms with Crippen molar-refractivity contribution in [1.29, 1.82) is 0 Å². The van der Waals surface area contributed by atoms with Crippen LogP contribution < -0.4 is 14.4 Å². The van der Waals surface area contributed by atoms with Gasteiger partial charge in [-0.15, -0.1) is 0 Å². The predicted molar refractivity (Wildman–Crippen MR) is 111 cm³/mol. The number of anilines is 1. The average molecular weight is 393 g/mol. The van der Waals surface area contributed by atoms with Gasteiger partial charge < -0.3 is 14.2 Å². The molecule has 2 aromatic carbocycles. The summed E-state index contributed by atoms with van der Waals surface area (Å²) in [4.78, 5) is 22.1. The zero-order chi connectivity index (χ0) is 20.8. The zero-order valence-corrected chi connectivity index (χ0v) is 16.9. The number of hydrogen-bond acceptors (Lipinski definition) is 6. The van der Waals surface area contributed by atoms with Crippen molar-refractivity contribution in [2.24, 2.45) is 0 Å². The smallest absolute Gasteiger partial charge is 0.413 e. The molecule has 0 saturated carbocycles. The number of carbonyl (C=O) groups excluding carboxylic acids is 1. The van der Waals surface area contributed by atoms with Crippen LogP contribution in [-0.4, -0.2) is 44.4 Å². The SMILES string of the molecule is COC(=O)N(C)c1cc(Cc2cc(-c3ccccc3OC)ncn2)ccc1OC. The normalized spacial score (nSPS) is 10.3. The van der Waals surface area contributed by atoms with Crippen molar-refractivity contribution in [3.8, 4) is 22.8 Å². The number of hydrogen-bond donors (Lipinski definition) is 0. The third-order valence-electron chi connectivity index (χ3n) is 4.54. The number of ether oxygens (including phenoxy) is 3. The molecular formula is C22H23N3O4. The lowest BCUT2D eigenvalue weighted by molar-refractivity contribution is 0.180. The molecule has 3 aromatic rings. The minimum Gasteiger partial charge on any atom is -0.496 e. The van der Waals surface area contributed by atoms with Crippen LogP contribution in [0.1, 0.15) is 11.3 Å². The topological polar surface area (TPSA) is 73.8 Å². The minimum absolute atomic E-state index is 0.471. The van der Waals surface area contributed by atoms with E-state index in [-0.39, 0.29) is 0 Å². The average Bonchev–Trinajstić information content (AvgIpc) is 2.78. The van der Waals surface area contributed by atoms with E-state index in [4.69, 9.17) is 14.2 Å². The Morgan fingerprint density at radius 3 is 2.45 bits per heavy atom. The summed E-state index contributed by atoms with van der Waals surface area (Å²) < 4.78 is 15.6. The van der Waals surface area contributed by atoms with Crippen LogP contribution in [0.4, 0.5) is 10.5 Å². The highest BCUT2D eigenvalue weighted by molar-refractivity contribution is 5.89. The predicted octanol–water partition coefficient (Wildman–Crippen LogP) is 3.95. The summed E-state index contributed by atoms with van der Waals surface area (Å²) in [5.74, 6) is 1.34. The molecule has 7 heteroatoms. The number of aromatic nitrogens is 2. The van der Waals surface area contributed by atoms with Crippen LogP contribution in [-0.2, 0) is 11.2 Å². The number of methoxy groups -OCH3 is 3. The molecule has 0 bridgehead atoms. The highest BCUT2D eigenvalue weighted by Gasteiger charge is 2.17. The first-order valence-electron chi connectivity index (χ1n) is 9.00. The van der Waals surface area contributed by atoms with Crippen molar-refractivity contribution in [1.82, 2.24) is 9.97 Å². The van der Waals surface area contributed by atoms with Gasteiger partial charge in [0.25, 0.3) is 0 Å². The Hall–Kier alpha value is -3.61. The molecule has 29 heavy (non-hydrogen) atoms. The maximum absolute atomic E-state index is 11.9. The maximum atomic E-state index is 11.9. The van der Waals surface area contributed by atoms with Gasteiger partial charge >= 0.3 is 6.09 Å². The Morgan fingerprint density at radius 1 is 0.966 bits per heavy atom. The highest BCUT2D eigenvalue weighted by Crippen LogP contribution is 2.31. The summed E-state index contributed by atoms with van der Waals surface area (Å²) in [6.07, 6.45) is 1.64. The van der Waals surface area contributed by atoms with Gasteiger partial charge in [0.05, 0.1) is 32.7 Å². The Kier molecular flexibility index (Phi) is 6.29. The fraction of sp³-hybridized carbons (Fsp3) is 0.227. The van der Waals surface area contributed by atoms with Gasteiger partial charge in [-0.05, 0) is 35.9 Å². The molecule has 0 spiro atoms. The molecule has 7 nitrogen and oxygen atoms in total.